The molecule has 4 rings (SSSR count). The van der Waals surface area contributed by atoms with Gasteiger partial charge in [0.25, 0.3) is 0 Å². The lowest BCUT2D eigenvalue weighted by Crippen LogP contribution is -2.13. The summed E-state index contributed by atoms with van der Waals surface area (Å²) >= 11 is 0. The Bertz CT molecular complexity index is 1140. The van der Waals surface area contributed by atoms with Gasteiger partial charge in [-0.25, -0.2) is 13.2 Å². The lowest BCUT2D eigenvalue weighted by atomic mass is 9.79. The Hall–Kier alpha value is -2.85. The molecule has 0 aliphatic heterocycles. The Kier molecular flexibility index (Phi) is 7.89. The van der Waals surface area contributed by atoms with Crippen molar-refractivity contribution < 1.29 is 17.9 Å². The molecule has 0 saturated heterocycles. The van der Waals surface area contributed by atoms with Gasteiger partial charge >= 0.3 is 0 Å². The Balaban J connectivity index is 1.47. The van der Waals surface area contributed by atoms with E-state index in [1.807, 2.05) is 37.3 Å². The van der Waals surface area contributed by atoms with Crippen LogP contribution in [-0.2, 0) is 11.3 Å². The molecule has 4 heteroatoms. The second kappa shape index (κ2) is 11.1. The Morgan fingerprint density at radius 3 is 2.18 bits per heavy atom. The van der Waals surface area contributed by atoms with Gasteiger partial charge < -0.3 is 4.74 Å². The van der Waals surface area contributed by atoms with Crippen LogP contribution in [0.3, 0.4) is 0 Å². The van der Waals surface area contributed by atoms with E-state index >= 15 is 0 Å². The minimum Gasteiger partial charge on any atom is -0.377 e. The molecule has 1 saturated carbocycles. The largest absolute Gasteiger partial charge is 0.377 e. The van der Waals surface area contributed by atoms with Crippen molar-refractivity contribution in [2.75, 3.05) is 6.61 Å². The van der Waals surface area contributed by atoms with Gasteiger partial charge in [0.05, 0.1) is 6.61 Å². The van der Waals surface area contributed by atoms with E-state index in [4.69, 9.17) is 4.74 Å². The smallest absolute Gasteiger partial charge is 0.166 e. The highest BCUT2D eigenvalue weighted by molar-refractivity contribution is 5.72. The zero-order valence-electron chi connectivity index (χ0n) is 19.8. The predicted octanol–water partition coefficient (Wildman–Crippen LogP) is 8.77. The molecule has 0 N–H and O–H groups in total. The zero-order chi connectivity index (χ0) is 24.1. The van der Waals surface area contributed by atoms with Crippen LogP contribution in [0.2, 0.25) is 0 Å². The second-order valence-corrected chi connectivity index (χ2v) is 9.23. The van der Waals surface area contributed by atoms with Crippen molar-refractivity contribution in [3.63, 3.8) is 0 Å². The average Bonchev–Trinajstić information content (AvgIpc) is 2.85. The summed E-state index contributed by atoms with van der Waals surface area (Å²) in [6.45, 7) is 4.88. The topological polar surface area (TPSA) is 9.23 Å². The molecule has 0 unspecified atom stereocenters. The predicted molar refractivity (Wildman–Crippen MR) is 133 cm³/mol. The van der Waals surface area contributed by atoms with Crippen LogP contribution in [0.15, 0.2) is 54.6 Å². The summed E-state index contributed by atoms with van der Waals surface area (Å²) in [5.41, 5.74) is 3.56. The van der Waals surface area contributed by atoms with E-state index in [0.29, 0.717) is 29.2 Å². The molecule has 178 valence electrons. The maximum Gasteiger partial charge on any atom is 0.166 e. The molecule has 0 atom stereocenters. The third-order valence-corrected chi connectivity index (χ3v) is 6.80. The molecular formula is C30H31F3O. The van der Waals surface area contributed by atoms with Crippen molar-refractivity contribution in [3.8, 4) is 11.1 Å². The number of hydrogen-bond acceptors (Lipinski definition) is 1. The lowest BCUT2D eigenvalue weighted by Gasteiger charge is -2.27. The van der Waals surface area contributed by atoms with Crippen LogP contribution < -0.4 is 0 Å². The first-order valence-electron chi connectivity index (χ1n) is 12.1. The van der Waals surface area contributed by atoms with E-state index in [2.05, 4.69) is 6.92 Å². The first-order chi connectivity index (χ1) is 16.5. The molecule has 1 aliphatic rings. The fourth-order valence-electron chi connectivity index (χ4n) is 4.64. The summed E-state index contributed by atoms with van der Waals surface area (Å²) in [6, 6.07) is 15.8. The Labute approximate surface area is 200 Å². The fraction of sp³-hybridized carbons (Fsp3) is 0.333. The Morgan fingerprint density at radius 1 is 0.824 bits per heavy atom. The molecule has 0 amide bonds. The van der Waals surface area contributed by atoms with Crippen LogP contribution in [0.4, 0.5) is 13.2 Å². The lowest BCUT2D eigenvalue weighted by molar-refractivity contribution is 0.131. The van der Waals surface area contributed by atoms with Gasteiger partial charge in [-0.1, -0.05) is 80.4 Å². The van der Waals surface area contributed by atoms with Crippen molar-refractivity contribution in [2.45, 2.75) is 52.1 Å². The molecule has 1 aliphatic carbocycles. The summed E-state index contributed by atoms with van der Waals surface area (Å²) < 4.78 is 49.3. The molecule has 0 heterocycles. The third-order valence-electron chi connectivity index (χ3n) is 6.80. The summed E-state index contributed by atoms with van der Waals surface area (Å²) in [7, 11) is 0. The van der Waals surface area contributed by atoms with E-state index in [-0.39, 0.29) is 23.9 Å². The van der Waals surface area contributed by atoms with E-state index in [1.165, 1.54) is 6.07 Å². The van der Waals surface area contributed by atoms with Gasteiger partial charge in [-0.05, 0) is 59.9 Å². The molecule has 0 bridgehead atoms. The number of halogens is 3. The number of benzene rings is 3. The fourth-order valence-corrected chi connectivity index (χ4v) is 4.64. The molecule has 1 nitrogen and oxygen atoms in total. The molecule has 0 radical (unpaired) electrons. The molecule has 3 aromatic rings. The minimum absolute atomic E-state index is 0.102. The zero-order valence-corrected chi connectivity index (χ0v) is 19.8. The number of hydrogen-bond donors (Lipinski definition) is 0. The minimum atomic E-state index is -0.776. The normalized spacial score (nSPS) is 18.5. The maximum atomic E-state index is 15.0. The highest BCUT2D eigenvalue weighted by Gasteiger charge is 2.25. The second-order valence-electron chi connectivity index (χ2n) is 9.23. The van der Waals surface area contributed by atoms with E-state index < -0.39 is 11.6 Å². The SMILES string of the molecule is CCOCc1ccc(/C=C/c2ccc(-c3ccc(C4CCC(C)CC4)c(F)c3F)cc2)cc1F. The van der Waals surface area contributed by atoms with E-state index in [0.717, 1.165) is 36.8 Å². The third kappa shape index (κ3) is 5.61. The first-order valence-corrected chi connectivity index (χ1v) is 12.1. The van der Waals surface area contributed by atoms with Gasteiger partial charge in [-0.2, -0.15) is 0 Å². The van der Waals surface area contributed by atoms with Gasteiger partial charge in [0, 0.05) is 17.7 Å². The van der Waals surface area contributed by atoms with Crippen molar-refractivity contribution >= 4 is 12.2 Å². The Morgan fingerprint density at radius 2 is 1.50 bits per heavy atom. The van der Waals surface area contributed by atoms with Crippen molar-refractivity contribution in [3.05, 3.63) is 94.3 Å². The highest BCUT2D eigenvalue weighted by atomic mass is 19.2. The quantitative estimate of drug-likeness (QED) is 0.318. The van der Waals surface area contributed by atoms with Gasteiger partial charge in [0.15, 0.2) is 11.6 Å². The molecule has 3 aromatic carbocycles. The highest BCUT2D eigenvalue weighted by Crippen LogP contribution is 2.38. The maximum absolute atomic E-state index is 15.0. The van der Waals surface area contributed by atoms with Crippen LogP contribution in [0.25, 0.3) is 23.3 Å². The first kappa shape index (κ1) is 24.3. The van der Waals surface area contributed by atoms with Gasteiger partial charge in [0.2, 0.25) is 0 Å². The van der Waals surface area contributed by atoms with Crippen molar-refractivity contribution in [2.24, 2.45) is 5.92 Å². The summed E-state index contributed by atoms with van der Waals surface area (Å²) in [4.78, 5) is 0. The van der Waals surface area contributed by atoms with Crippen molar-refractivity contribution in [1.82, 2.24) is 0 Å². The molecule has 34 heavy (non-hydrogen) atoms. The summed E-state index contributed by atoms with van der Waals surface area (Å²) in [5, 5.41) is 0. The average molecular weight is 465 g/mol. The van der Waals surface area contributed by atoms with Crippen LogP contribution in [0.1, 0.15) is 67.7 Å². The van der Waals surface area contributed by atoms with Gasteiger partial charge in [0.1, 0.15) is 5.82 Å². The molecule has 1 fully saturated rings. The van der Waals surface area contributed by atoms with Crippen LogP contribution >= 0.6 is 0 Å². The number of ether oxygens (including phenoxy) is 1. The molecule has 0 aromatic heterocycles. The molecule has 0 spiro atoms. The van der Waals surface area contributed by atoms with E-state index in [9.17, 15) is 13.2 Å². The van der Waals surface area contributed by atoms with E-state index in [1.54, 1.807) is 30.3 Å². The monoisotopic (exact) mass is 464 g/mol. The van der Waals surface area contributed by atoms with Gasteiger partial charge in [-0.15, -0.1) is 0 Å². The number of rotatable bonds is 7. The van der Waals surface area contributed by atoms with Crippen molar-refractivity contribution in [1.29, 1.82) is 0 Å². The summed E-state index contributed by atoms with van der Waals surface area (Å²) in [6.07, 6.45) is 7.64. The van der Waals surface area contributed by atoms with Crippen LogP contribution in [0, 0.1) is 23.4 Å². The summed E-state index contributed by atoms with van der Waals surface area (Å²) in [5.74, 6) is -1.02. The van der Waals surface area contributed by atoms with Gasteiger partial charge in [-0.3, -0.25) is 0 Å². The van der Waals surface area contributed by atoms with Crippen LogP contribution in [-0.4, -0.2) is 6.61 Å². The van der Waals surface area contributed by atoms with Crippen LogP contribution in [0.5, 0.6) is 0 Å². The molecular weight excluding hydrogens is 433 g/mol. The standard InChI is InChI=1S/C30H31F3O/c1-3-34-19-25-15-10-22(18-28(25)31)7-6-21-8-13-24(14-9-21)27-17-16-26(29(32)30(27)33)23-11-4-20(2)5-12-23/h6-10,13-18,20,23H,3-5,11-12,19H2,1-2H3/b7-6+.